The Balaban J connectivity index is 1.88. The smallest absolute Gasteiger partial charge is 0.145 e. The molecule has 0 unspecified atom stereocenters. The number of rotatable bonds is 6. The van der Waals surface area contributed by atoms with Crippen molar-refractivity contribution in [2.45, 2.75) is 19.3 Å². The number of ether oxygens (including phenoxy) is 1. The lowest BCUT2D eigenvalue weighted by atomic mass is 10.1. The van der Waals surface area contributed by atoms with E-state index in [0.29, 0.717) is 12.4 Å². The molecule has 1 aliphatic rings. The van der Waals surface area contributed by atoms with Crippen molar-refractivity contribution in [1.82, 2.24) is 4.90 Å². The highest BCUT2D eigenvalue weighted by atomic mass is 35.5. The van der Waals surface area contributed by atoms with Gasteiger partial charge in [-0.05, 0) is 38.1 Å². The third kappa shape index (κ3) is 4.69. The van der Waals surface area contributed by atoms with E-state index >= 15 is 0 Å². The summed E-state index contributed by atoms with van der Waals surface area (Å²) < 4.78 is 5.84. The predicted octanol–water partition coefficient (Wildman–Crippen LogP) is 2.78. The number of nitrogens with zero attached hydrogens (tertiary/aromatic N) is 2. The number of nitrogens with two attached hydrogens (primary N) is 1. The highest BCUT2D eigenvalue weighted by molar-refractivity contribution is 6.28. The Morgan fingerprint density at radius 2 is 2.00 bits per heavy atom. The lowest BCUT2D eigenvalue weighted by Crippen LogP contribution is -2.33. The van der Waals surface area contributed by atoms with E-state index in [-0.39, 0.29) is 5.88 Å². The number of aliphatic imine (C=N–C) groups is 1. The Bertz CT molecular complexity index is 444. The maximum Gasteiger partial charge on any atom is 0.145 e. The molecule has 110 valence electrons. The normalized spacial score (nSPS) is 17.1. The van der Waals surface area contributed by atoms with Crippen LogP contribution in [0.4, 0.5) is 5.69 Å². The van der Waals surface area contributed by atoms with Crippen molar-refractivity contribution in [3.63, 3.8) is 0 Å². The Kier molecular flexibility index (Phi) is 6.15. The average molecular weight is 296 g/mol. The quantitative estimate of drug-likeness (QED) is 0.499. The molecule has 1 aromatic rings. The van der Waals surface area contributed by atoms with Crippen LogP contribution in [0.15, 0.2) is 29.3 Å². The minimum atomic E-state index is 0.224. The fourth-order valence-corrected chi connectivity index (χ4v) is 2.38. The number of amidine groups is 1. The third-order valence-electron chi connectivity index (χ3n) is 3.38. The summed E-state index contributed by atoms with van der Waals surface area (Å²) in [5, 5.41) is 0. The van der Waals surface area contributed by atoms with Crippen LogP contribution in [0.1, 0.15) is 19.3 Å². The van der Waals surface area contributed by atoms with Gasteiger partial charge in [0.2, 0.25) is 0 Å². The number of para-hydroxylation sites is 2. The molecule has 1 aromatic carbocycles. The Morgan fingerprint density at radius 3 is 2.75 bits per heavy atom. The number of alkyl halides is 1. The van der Waals surface area contributed by atoms with E-state index in [0.717, 1.165) is 18.0 Å². The Labute approximate surface area is 125 Å². The molecule has 0 atom stereocenters. The zero-order valence-electron chi connectivity index (χ0n) is 11.7. The first kappa shape index (κ1) is 15.1. The minimum Gasteiger partial charge on any atom is -0.490 e. The monoisotopic (exact) mass is 295 g/mol. The van der Waals surface area contributed by atoms with E-state index in [2.05, 4.69) is 9.89 Å². The van der Waals surface area contributed by atoms with Gasteiger partial charge in [0.05, 0.1) is 5.88 Å². The lowest BCUT2D eigenvalue weighted by Gasteiger charge is -2.26. The first-order valence-corrected chi connectivity index (χ1v) is 7.66. The van der Waals surface area contributed by atoms with Crippen LogP contribution < -0.4 is 10.5 Å². The SMILES string of the molecule is NC(CCl)=Nc1ccccc1OCCN1CCCCC1. The van der Waals surface area contributed by atoms with Gasteiger partial charge in [-0.3, -0.25) is 4.90 Å². The molecule has 1 aliphatic heterocycles. The van der Waals surface area contributed by atoms with Crippen LogP contribution in [-0.2, 0) is 0 Å². The molecule has 4 nitrogen and oxygen atoms in total. The van der Waals surface area contributed by atoms with E-state index in [1.807, 2.05) is 24.3 Å². The highest BCUT2D eigenvalue weighted by Gasteiger charge is 2.10. The fraction of sp³-hybridized carbons (Fsp3) is 0.533. The fourth-order valence-electron chi connectivity index (χ4n) is 2.32. The summed E-state index contributed by atoms with van der Waals surface area (Å²) in [5.74, 6) is 1.39. The van der Waals surface area contributed by atoms with E-state index in [1.165, 1.54) is 32.4 Å². The van der Waals surface area contributed by atoms with Gasteiger partial charge in [0, 0.05) is 6.54 Å². The second kappa shape index (κ2) is 8.12. The molecule has 1 saturated heterocycles. The molecule has 2 N–H and O–H groups in total. The lowest BCUT2D eigenvalue weighted by molar-refractivity contribution is 0.183. The van der Waals surface area contributed by atoms with Crippen LogP contribution in [0.5, 0.6) is 5.75 Å². The molecule has 1 heterocycles. The number of piperidine rings is 1. The predicted molar refractivity (Wildman–Crippen MR) is 84.2 cm³/mol. The topological polar surface area (TPSA) is 50.9 Å². The van der Waals surface area contributed by atoms with Crippen LogP contribution in [0, 0.1) is 0 Å². The van der Waals surface area contributed by atoms with Gasteiger partial charge in [0.15, 0.2) is 0 Å². The average Bonchev–Trinajstić information content (AvgIpc) is 2.50. The number of hydrogen-bond acceptors (Lipinski definition) is 3. The second-order valence-corrected chi connectivity index (χ2v) is 5.22. The summed E-state index contributed by atoms with van der Waals surface area (Å²) in [4.78, 5) is 6.71. The highest BCUT2D eigenvalue weighted by Crippen LogP contribution is 2.26. The molecule has 0 aromatic heterocycles. The molecule has 20 heavy (non-hydrogen) atoms. The van der Waals surface area contributed by atoms with Crippen molar-refractivity contribution in [3.05, 3.63) is 24.3 Å². The van der Waals surface area contributed by atoms with Crippen LogP contribution in [0.3, 0.4) is 0 Å². The first-order chi connectivity index (χ1) is 9.79. The standard InChI is InChI=1S/C15H22ClN3O/c16-12-15(17)18-13-6-2-3-7-14(13)20-11-10-19-8-4-1-5-9-19/h2-3,6-7H,1,4-5,8-12H2,(H2,17,18). The van der Waals surface area contributed by atoms with Crippen molar-refractivity contribution < 1.29 is 4.74 Å². The minimum absolute atomic E-state index is 0.224. The Morgan fingerprint density at radius 1 is 1.25 bits per heavy atom. The van der Waals surface area contributed by atoms with Crippen molar-refractivity contribution >= 4 is 23.1 Å². The van der Waals surface area contributed by atoms with Gasteiger partial charge in [0.1, 0.15) is 23.9 Å². The molecular weight excluding hydrogens is 274 g/mol. The Hall–Kier alpha value is -1.26. The van der Waals surface area contributed by atoms with Gasteiger partial charge in [-0.15, -0.1) is 11.6 Å². The van der Waals surface area contributed by atoms with E-state index in [1.54, 1.807) is 0 Å². The summed E-state index contributed by atoms with van der Waals surface area (Å²) in [5.41, 5.74) is 6.41. The molecular formula is C15H22ClN3O. The van der Waals surface area contributed by atoms with E-state index in [4.69, 9.17) is 22.1 Å². The zero-order valence-corrected chi connectivity index (χ0v) is 12.5. The molecule has 0 radical (unpaired) electrons. The molecule has 0 amide bonds. The van der Waals surface area contributed by atoms with Gasteiger partial charge in [-0.1, -0.05) is 18.6 Å². The summed E-state index contributed by atoms with van der Waals surface area (Å²) in [6.45, 7) is 4.00. The number of hydrogen-bond donors (Lipinski definition) is 1. The number of benzene rings is 1. The number of likely N-dealkylation sites (tertiary alicyclic amines) is 1. The van der Waals surface area contributed by atoms with Crippen LogP contribution in [0.2, 0.25) is 0 Å². The van der Waals surface area contributed by atoms with Gasteiger partial charge in [0.25, 0.3) is 0 Å². The summed E-state index contributed by atoms with van der Waals surface area (Å²) in [6.07, 6.45) is 3.95. The molecule has 0 bridgehead atoms. The van der Waals surface area contributed by atoms with Crippen LogP contribution in [0.25, 0.3) is 0 Å². The molecule has 1 fully saturated rings. The number of halogens is 1. The molecule has 5 heteroatoms. The largest absolute Gasteiger partial charge is 0.490 e. The molecule has 2 rings (SSSR count). The van der Waals surface area contributed by atoms with Crippen LogP contribution >= 0.6 is 11.6 Å². The molecule has 0 spiro atoms. The summed E-state index contributed by atoms with van der Waals surface area (Å²) >= 11 is 5.66. The first-order valence-electron chi connectivity index (χ1n) is 7.13. The maximum atomic E-state index is 5.84. The van der Waals surface area contributed by atoms with E-state index < -0.39 is 0 Å². The summed E-state index contributed by atoms with van der Waals surface area (Å²) in [6, 6.07) is 7.65. The molecule has 0 saturated carbocycles. The van der Waals surface area contributed by atoms with Crippen molar-refractivity contribution in [3.8, 4) is 5.75 Å². The van der Waals surface area contributed by atoms with Crippen molar-refractivity contribution in [2.75, 3.05) is 32.1 Å². The van der Waals surface area contributed by atoms with Gasteiger partial charge < -0.3 is 10.5 Å². The third-order valence-corrected chi connectivity index (χ3v) is 3.65. The van der Waals surface area contributed by atoms with E-state index in [9.17, 15) is 0 Å². The second-order valence-electron chi connectivity index (χ2n) is 4.96. The summed E-state index contributed by atoms with van der Waals surface area (Å²) in [7, 11) is 0. The maximum absolute atomic E-state index is 5.84. The van der Waals surface area contributed by atoms with Gasteiger partial charge >= 0.3 is 0 Å². The van der Waals surface area contributed by atoms with Crippen molar-refractivity contribution in [1.29, 1.82) is 0 Å². The van der Waals surface area contributed by atoms with Crippen LogP contribution in [-0.4, -0.2) is 42.9 Å². The zero-order chi connectivity index (χ0) is 14.2. The van der Waals surface area contributed by atoms with Gasteiger partial charge in [-0.25, -0.2) is 4.99 Å². The molecule has 0 aliphatic carbocycles. The van der Waals surface area contributed by atoms with Gasteiger partial charge in [-0.2, -0.15) is 0 Å². The van der Waals surface area contributed by atoms with Crippen molar-refractivity contribution in [2.24, 2.45) is 10.7 Å².